The fraction of sp³-hybridized carbons (Fsp3) is 0.276. The molecule has 0 unspecified atom stereocenters. The predicted molar refractivity (Wildman–Crippen MR) is 153 cm³/mol. The summed E-state index contributed by atoms with van der Waals surface area (Å²) >= 11 is 3.66. The van der Waals surface area contributed by atoms with E-state index >= 15 is 0 Å². The number of aromatic nitrogens is 1. The van der Waals surface area contributed by atoms with Gasteiger partial charge >= 0.3 is 0 Å². The molecule has 1 saturated heterocycles. The lowest BCUT2D eigenvalue weighted by Gasteiger charge is -2.36. The van der Waals surface area contributed by atoms with Crippen LogP contribution in [0.25, 0.3) is 6.08 Å². The van der Waals surface area contributed by atoms with E-state index in [1.54, 1.807) is 24.5 Å². The number of nitrogens with one attached hydrogen (secondary N) is 3. The molecule has 37 heavy (non-hydrogen) atoms. The van der Waals surface area contributed by atoms with Crippen LogP contribution in [-0.2, 0) is 11.3 Å². The fourth-order valence-corrected chi connectivity index (χ4v) is 4.99. The number of benzene rings is 2. The van der Waals surface area contributed by atoms with Crippen LogP contribution < -0.4 is 16.0 Å². The minimum Gasteiger partial charge on any atom is -0.322 e. The summed E-state index contributed by atoms with van der Waals surface area (Å²) in [6, 6.07) is 15.8. The quantitative estimate of drug-likeness (QED) is 0.343. The molecule has 8 heteroatoms. The normalized spacial score (nSPS) is 18.1. The lowest BCUT2D eigenvalue weighted by molar-refractivity contribution is -0.111. The monoisotopic (exact) mass is 561 g/mol. The lowest BCUT2D eigenvalue weighted by atomic mass is 10.1. The van der Waals surface area contributed by atoms with E-state index in [1.807, 2.05) is 49.4 Å². The highest BCUT2D eigenvalue weighted by atomic mass is 79.9. The van der Waals surface area contributed by atoms with Crippen molar-refractivity contribution in [2.75, 3.05) is 23.7 Å². The van der Waals surface area contributed by atoms with E-state index in [9.17, 15) is 9.59 Å². The maximum Gasteiger partial charge on any atom is 0.255 e. The highest BCUT2D eigenvalue weighted by Crippen LogP contribution is 2.24. The van der Waals surface area contributed by atoms with Gasteiger partial charge in [-0.1, -0.05) is 34.1 Å². The van der Waals surface area contributed by atoms with E-state index in [1.165, 1.54) is 6.08 Å². The van der Waals surface area contributed by atoms with Crippen molar-refractivity contribution in [3.63, 3.8) is 0 Å². The summed E-state index contributed by atoms with van der Waals surface area (Å²) < 4.78 is 0.913. The third-order valence-corrected chi connectivity index (χ3v) is 6.95. The zero-order chi connectivity index (χ0) is 26.4. The molecule has 2 amide bonds. The van der Waals surface area contributed by atoms with Gasteiger partial charge in [-0.15, -0.1) is 0 Å². The summed E-state index contributed by atoms with van der Waals surface area (Å²) in [5, 5.41) is 9.37. The second-order valence-corrected chi connectivity index (χ2v) is 10.4. The number of halogens is 1. The first-order valence-electron chi connectivity index (χ1n) is 12.3. The smallest absolute Gasteiger partial charge is 0.255 e. The number of hydrogen-bond donors (Lipinski definition) is 3. The molecule has 1 fully saturated rings. The summed E-state index contributed by atoms with van der Waals surface area (Å²) in [5.74, 6) is -0.475. The van der Waals surface area contributed by atoms with Gasteiger partial charge in [-0.2, -0.15) is 0 Å². The Hall–Kier alpha value is -3.33. The molecule has 0 spiro atoms. The molecule has 2 atom stereocenters. The van der Waals surface area contributed by atoms with Crippen LogP contribution in [-0.4, -0.2) is 46.9 Å². The Kier molecular flexibility index (Phi) is 8.87. The van der Waals surface area contributed by atoms with Gasteiger partial charge in [-0.3, -0.25) is 19.5 Å². The van der Waals surface area contributed by atoms with Gasteiger partial charge in [0.05, 0.1) is 0 Å². The molecule has 0 saturated carbocycles. The Balaban J connectivity index is 1.39. The van der Waals surface area contributed by atoms with Crippen LogP contribution in [0, 0.1) is 6.92 Å². The molecular weight excluding hydrogens is 530 g/mol. The number of pyridine rings is 1. The minimum atomic E-state index is -0.261. The SMILES string of the molecule is Cc1ccc(NC(=O)c2ccc(CN3C[C@@H](C)N[C@@H](C)C3)c(Br)c2)cc1NC(=O)C=Cc1cccnc1. The number of piperazine rings is 1. The van der Waals surface area contributed by atoms with Gasteiger partial charge in [-0.25, -0.2) is 0 Å². The van der Waals surface area contributed by atoms with E-state index < -0.39 is 0 Å². The first kappa shape index (κ1) is 26.7. The summed E-state index contributed by atoms with van der Waals surface area (Å²) in [6.45, 7) is 9.12. The Morgan fingerprint density at radius 3 is 2.59 bits per heavy atom. The lowest BCUT2D eigenvalue weighted by Crippen LogP contribution is -2.53. The number of amides is 2. The van der Waals surface area contributed by atoms with Crippen LogP contribution in [0.15, 0.2) is 71.5 Å². The van der Waals surface area contributed by atoms with Gasteiger partial charge in [0, 0.05) is 71.6 Å². The van der Waals surface area contributed by atoms with Gasteiger partial charge < -0.3 is 16.0 Å². The van der Waals surface area contributed by atoms with Crippen molar-refractivity contribution in [2.45, 2.75) is 39.4 Å². The standard InChI is InChI=1S/C29H32BrN5O2/c1-19-6-10-25(14-27(19)34-28(36)11-7-22-5-4-12-31-15-22)33-29(37)23-8-9-24(26(30)13-23)18-35-16-20(2)32-21(3)17-35/h4-15,20-21,32H,16-18H2,1-3H3,(H,33,37)(H,34,36)/t20-,21+. The topological polar surface area (TPSA) is 86.4 Å². The van der Waals surface area contributed by atoms with Crippen molar-refractivity contribution in [3.8, 4) is 0 Å². The van der Waals surface area contributed by atoms with Crippen LogP contribution in [0.5, 0.6) is 0 Å². The Morgan fingerprint density at radius 2 is 1.89 bits per heavy atom. The molecule has 1 aliphatic heterocycles. The number of carbonyl (C=O) groups excluding carboxylic acids is 2. The Morgan fingerprint density at radius 1 is 1.11 bits per heavy atom. The van der Waals surface area contributed by atoms with Gasteiger partial charge in [-0.05, 0) is 73.9 Å². The van der Waals surface area contributed by atoms with Crippen molar-refractivity contribution in [2.24, 2.45) is 0 Å². The number of nitrogens with zero attached hydrogens (tertiary/aromatic N) is 2. The molecule has 7 nitrogen and oxygen atoms in total. The third kappa shape index (κ3) is 7.58. The van der Waals surface area contributed by atoms with Gasteiger partial charge in [0.15, 0.2) is 0 Å². The minimum absolute atomic E-state index is 0.214. The van der Waals surface area contributed by atoms with E-state index in [0.29, 0.717) is 29.0 Å². The molecule has 4 rings (SSSR count). The van der Waals surface area contributed by atoms with E-state index in [-0.39, 0.29) is 11.8 Å². The molecule has 0 bridgehead atoms. The zero-order valence-electron chi connectivity index (χ0n) is 21.3. The van der Waals surface area contributed by atoms with Crippen molar-refractivity contribution in [1.29, 1.82) is 0 Å². The number of carbonyl (C=O) groups is 2. The Bertz CT molecular complexity index is 1280. The van der Waals surface area contributed by atoms with Crippen molar-refractivity contribution in [1.82, 2.24) is 15.2 Å². The van der Waals surface area contributed by atoms with E-state index in [4.69, 9.17) is 0 Å². The molecule has 192 valence electrons. The van der Waals surface area contributed by atoms with Crippen LogP contribution in [0.1, 0.15) is 40.9 Å². The predicted octanol–water partition coefficient (Wildman–Crippen LogP) is 5.24. The largest absolute Gasteiger partial charge is 0.322 e. The van der Waals surface area contributed by atoms with Crippen molar-refractivity contribution < 1.29 is 9.59 Å². The molecule has 0 radical (unpaired) electrons. The Labute approximate surface area is 226 Å². The van der Waals surface area contributed by atoms with Gasteiger partial charge in [0.25, 0.3) is 5.91 Å². The fourth-order valence-electron chi connectivity index (χ4n) is 4.49. The summed E-state index contributed by atoms with van der Waals surface area (Å²) in [7, 11) is 0. The van der Waals surface area contributed by atoms with E-state index in [0.717, 1.165) is 40.8 Å². The second-order valence-electron chi connectivity index (χ2n) is 9.56. The highest BCUT2D eigenvalue weighted by Gasteiger charge is 2.21. The van der Waals surface area contributed by atoms with Crippen LogP contribution in [0.3, 0.4) is 0 Å². The first-order chi connectivity index (χ1) is 17.8. The maximum atomic E-state index is 13.0. The summed E-state index contributed by atoms with van der Waals surface area (Å²) in [6.07, 6.45) is 6.53. The molecule has 1 aromatic heterocycles. The summed E-state index contributed by atoms with van der Waals surface area (Å²) in [5.41, 5.74) is 4.68. The number of anilines is 2. The number of rotatable bonds is 7. The van der Waals surface area contributed by atoms with Gasteiger partial charge in [0.2, 0.25) is 5.91 Å². The van der Waals surface area contributed by atoms with Crippen molar-refractivity contribution in [3.05, 3.63) is 93.7 Å². The molecule has 2 aromatic carbocycles. The number of aryl methyl sites for hydroxylation is 1. The average molecular weight is 563 g/mol. The third-order valence-electron chi connectivity index (χ3n) is 6.21. The highest BCUT2D eigenvalue weighted by molar-refractivity contribution is 9.10. The van der Waals surface area contributed by atoms with Gasteiger partial charge in [0.1, 0.15) is 0 Å². The molecule has 3 aromatic rings. The van der Waals surface area contributed by atoms with Crippen molar-refractivity contribution >= 4 is 45.2 Å². The second kappa shape index (κ2) is 12.3. The maximum absolute atomic E-state index is 13.0. The molecule has 0 aliphatic carbocycles. The molecule has 2 heterocycles. The average Bonchev–Trinajstić information content (AvgIpc) is 2.86. The molecular formula is C29H32BrN5O2. The number of hydrogen-bond acceptors (Lipinski definition) is 5. The molecule has 1 aliphatic rings. The molecule has 3 N–H and O–H groups in total. The van der Waals surface area contributed by atoms with Crippen LogP contribution in [0.2, 0.25) is 0 Å². The zero-order valence-corrected chi connectivity index (χ0v) is 22.9. The first-order valence-corrected chi connectivity index (χ1v) is 13.1. The summed E-state index contributed by atoms with van der Waals surface area (Å²) in [4.78, 5) is 31.9. The van der Waals surface area contributed by atoms with Crippen LogP contribution >= 0.6 is 15.9 Å². The van der Waals surface area contributed by atoms with E-state index in [2.05, 4.69) is 55.6 Å². The van der Waals surface area contributed by atoms with Crippen LogP contribution in [0.4, 0.5) is 11.4 Å².